The van der Waals surface area contributed by atoms with Crippen LogP contribution in [0.2, 0.25) is 0 Å². The van der Waals surface area contributed by atoms with E-state index in [1.54, 1.807) is 0 Å². The summed E-state index contributed by atoms with van der Waals surface area (Å²) in [5.74, 6) is -2.10. The molecule has 0 fully saturated rings. The molecule has 0 saturated carbocycles. The summed E-state index contributed by atoms with van der Waals surface area (Å²) in [5.41, 5.74) is 5.85. The van der Waals surface area contributed by atoms with Gasteiger partial charge >= 0.3 is 0 Å². The highest BCUT2D eigenvalue weighted by Crippen LogP contribution is 2.38. The van der Waals surface area contributed by atoms with Crippen LogP contribution in [0.5, 0.6) is 5.75 Å². The molecule has 30 heavy (non-hydrogen) atoms. The largest absolute Gasteiger partial charge is 0.482 e. The van der Waals surface area contributed by atoms with E-state index in [1.165, 1.54) is 19.2 Å². The van der Waals surface area contributed by atoms with E-state index in [9.17, 15) is 9.18 Å². The number of rotatable bonds is 0. The highest BCUT2D eigenvalue weighted by Gasteiger charge is 2.27. The quantitative estimate of drug-likeness (QED) is 0.571. The zero-order valence-corrected chi connectivity index (χ0v) is 15.7. The normalized spacial score (nSPS) is 19.7. The van der Waals surface area contributed by atoms with Crippen LogP contribution in [0, 0.1) is 12.4 Å². The first-order valence-corrected chi connectivity index (χ1v) is 8.76. The molecule has 1 aliphatic rings. The van der Waals surface area contributed by atoms with Gasteiger partial charge in [-0.2, -0.15) is 0 Å². The predicted molar refractivity (Wildman–Crippen MR) is 108 cm³/mol. The van der Waals surface area contributed by atoms with Crippen molar-refractivity contribution >= 4 is 17.5 Å². The number of nitrogen functional groups attached to an aromatic ring is 1. The first-order chi connectivity index (χ1) is 16.7. The molecule has 1 amide bonds. The van der Waals surface area contributed by atoms with Crippen molar-refractivity contribution in [3.63, 3.8) is 0 Å². The summed E-state index contributed by atoms with van der Waals surface area (Å²) in [4.78, 5) is 21.4. The van der Waals surface area contributed by atoms with Crippen molar-refractivity contribution in [2.75, 3.05) is 12.7 Å². The summed E-state index contributed by atoms with van der Waals surface area (Å²) in [6, 6.07) is 4.61. The smallest absolute Gasteiger partial charge is 0.260 e. The molecule has 1 atom stereocenters. The maximum absolute atomic E-state index is 14.2. The summed E-state index contributed by atoms with van der Waals surface area (Å²) < 4.78 is 67.8. The molecule has 1 unspecified atom stereocenters. The van der Waals surface area contributed by atoms with Crippen molar-refractivity contribution in [3.05, 3.63) is 64.5 Å². The van der Waals surface area contributed by atoms with Crippen molar-refractivity contribution in [2.24, 2.45) is 6.98 Å². The summed E-state index contributed by atoms with van der Waals surface area (Å²) in [7, 11) is 0. The molecule has 1 aromatic carbocycles. The van der Waals surface area contributed by atoms with Crippen molar-refractivity contribution in [1.29, 1.82) is 0 Å². The number of carbonyl (C=O) groups is 1. The molecule has 3 aromatic rings. The molecule has 3 heterocycles. The molecule has 0 saturated heterocycles. The van der Waals surface area contributed by atoms with Crippen LogP contribution in [-0.2, 0) is 13.5 Å². The van der Waals surface area contributed by atoms with Crippen LogP contribution >= 0.6 is 0 Å². The molecule has 2 N–H and O–H groups in total. The number of anilines is 1. The van der Waals surface area contributed by atoms with Gasteiger partial charge in [0.05, 0.1) is 17.6 Å². The maximum Gasteiger partial charge on any atom is 0.260 e. The Bertz CT molecular complexity index is 1410. The average molecular weight is 412 g/mol. The maximum atomic E-state index is 14.2. The number of fused-ring (bicyclic) bond motifs is 5. The Morgan fingerprint density at radius 1 is 1.40 bits per heavy atom. The second-order valence-electron chi connectivity index (χ2n) is 6.66. The van der Waals surface area contributed by atoms with E-state index in [-0.39, 0.29) is 39.5 Å². The summed E-state index contributed by atoms with van der Waals surface area (Å²) in [6.07, 6.45) is 0.286. The number of nitrogens with zero attached hydrogens (tertiary/aromatic N) is 5. The highest BCUT2D eigenvalue weighted by atomic mass is 19.1. The lowest BCUT2D eigenvalue weighted by Gasteiger charge is -2.23. The van der Waals surface area contributed by atoms with Crippen LogP contribution in [0.3, 0.4) is 0 Å². The fourth-order valence-corrected chi connectivity index (χ4v) is 3.33. The molecule has 152 valence electrons. The van der Waals surface area contributed by atoms with Gasteiger partial charge in [-0.05, 0) is 36.8 Å². The van der Waals surface area contributed by atoms with Crippen LogP contribution in [-0.4, -0.2) is 32.5 Å². The van der Waals surface area contributed by atoms with Gasteiger partial charge in [0.15, 0.2) is 11.6 Å². The van der Waals surface area contributed by atoms with E-state index in [4.69, 9.17) is 25.3 Å². The zero-order valence-electron chi connectivity index (χ0n) is 21.7. The highest BCUT2D eigenvalue weighted by molar-refractivity contribution is 5.96. The van der Waals surface area contributed by atoms with Gasteiger partial charge in [0, 0.05) is 34.0 Å². The molecular formula is C21H19FN6O2. The van der Waals surface area contributed by atoms with E-state index < -0.39 is 44.1 Å². The van der Waals surface area contributed by atoms with E-state index in [1.807, 2.05) is 0 Å². The molecule has 2 aromatic heterocycles. The molecule has 9 heteroatoms. The molecular weight excluding hydrogens is 387 g/mol. The van der Waals surface area contributed by atoms with Crippen molar-refractivity contribution < 1.29 is 22.1 Å². The Kier molecular flexibility index (Phi) is 3.18. The van der Waals surface area contributed by atoms with E-state index in [0.717, 1.165) is 18.2 Å². The van der Waals surface area contributed by atoms with Crippen molar-refractivity contribution in [1.82, 2.24) is 19.7 Å². The third-order valence-corrected chi connectivity index (χ3v) is 4.75. The van der Waals surface area contributed by atoms with Gasteiger partial charge in [0.1, 0.15) is 17.6 Å². The summed E-state index contributed by atoms with van der Waals surface area (Å²) in [6.45, 7) is 2.57. The number of nitrogens with two attached hydrogens (primary N) is 1. The summed E-state index contributed by atoms with van der Waals surface area (Å²) in [5, 5.41) is 4.02. The third kappa shape index (κ3) is 3.12. The van der Waals surface area contributed by atoms with E-state index in [0.29, 0.717) is 9.58 Å². The third-order valence-electron chi connectivity index (χ3n) is 4.75. The number of benzene rings is 1. The Morgan fingerprint density at radius 3 is 2.97 bits per heavy atom. The lowest BCUT2D eigenvalue weighted by Crippen LogP contribution is -2.28. The number of amides is 1. The second kappa shape index (κ2) is 7.15. The second-order valence-corrected chi connectivity index (χ2v) is 6.66. The molecule has 0 aliphatic carbocycles. The first kappa shape index (κ1) is 13.3. The number of hydrogen-bond donors (Lipinski definition) is 1. The number of aromatic nitrogens is 3. The molecule has 1 aliphatic heterocycles. The van der Waals surface area contributed by atoms with Crippen LogP contribution in [0.15, 0.2) is 30.5 Å². The SMILES string of the molecule is [2H]C([2H])([2H])N1Cc2nn(C([2H])([2H])[2H])c([N+]#[C-])c2-c2cnc(N)c(c2)OC(C)c2cc(F)ccc2C1=O. The van der Waals surface area contributed by atoms with Crippen molar-refractivity contribution in [2.45, 2.75) is 19.6 Å². The minimum atomic E-state index is -3.00. The van der Waals surface area contributed by atoms with Gasteiger partial charge < -0.3 is 20.2 Å². The van der Waals surface area contributed by atoms with Crippen LogP contribution in [0.1, 0.15) is 42.9 Å². The minimum absolute atomic E-state index is 0.0272. The van der Waals surface area contributed by atoms with E-state index in [2.05, 4.69) is 14.9 Å². The summed E-state index contributed by atoms with van der Waals surface area (Å²) >= 11 is 0. The van der Waals surface area contributed by atoms with Crippen LogP contribution in [0.25, 0.3) is 16.0 Å². The topological polar surface area (TPSA) is 90.6 Å². The zero-order chi connectivity index (χ0) is 26.6. The van der Waals surface area contributed by atoms with Crippen LogP contribution < -0.4 is 10.5 Å². The Hall–Kier alpha value is -3.93. The number of hydrogen-bond acceptors (Lipinski definition) is 5. The van der Waals surface area contributed by atoms with Gasteiger partial charge in [0.25, 0.3) is 11.7 Å². The van der Waals surface area contributed by atoms with Gasteiger partial charge in [-0.15, -0.1) is 5.10 Å². The number of carbonyl (C=O) groups excluding carboxylic acids is 1. The lowest BCUT2D eigenvalue weighted by atomic mass is 10.0. The van der Waals surface area contributed by atoms with Gasteiger partial charge in [0.2, 0.25) is 0 Å². The Labute approximate surface area is 180 Å². The number of aryl methyl sites for hydroxylation is 1. The van der Waals surface area contributed by atoms with Gasteiger partial charge in [-0.25, -0.2) is 14.1 Å². The standard InChI is InChI=1S/C21H19FN6O2/c1-11-15-8-13(22)5-6-14(15)21(29)27(3)10-16-18(20(24-2)28(4)26-16)12-7-17(30-11)19(23)25-9-12/h5-9,11H,10H2,1,3-4H3,(H2,23,25)/i3D3,4D3. The lowest BCUT2D eigenvalue weighted by molar-refractivity contribution is 0.0778. The predicted octanol–water partition coefficient (Wildman–Crippen LogP) is 3.48. The van der Waals surface area contributed by atoms with E-state index >= 15 is 0 Å². The molecule has 0 spiro atoms. The molecule has 0 radical (unpaired) electrons. The van der Waals surface area contributed by atoms with Crippen molar-refractivity contribution in [3.8, 4) is 16.9 Å². The Morgan fingerprint density at radius 2 is 2.23 bits per heavy atom. The van der Waals surface area contributed by atoms with Gasteiger partial charge in [-0.1, -0.05) is 6.57 Å². The van der Waals surface area contributed by atoms with Crippen LogP contribution in [0.4, 0.5) is 16.0 Å². The first-order valence-electron chi connectivity index (χ1n) is 11.8. The monoisotopic (exact) mass is 412 g/mol. The van der Waals surface area contributed by atoms with Gasteiger partial charge in [-0.3, -0.25) is 4.79 Å². The number of pyridine rings is 1. The fraction of sp³-hybridized carbons (Fsp3) is 0.238. The number of ether oxygens (including phenoxy) is 1. The number of halogens is 1. The average Bonchev–Trinajstić information content (AvgIpc) is 3.16. The molecule has 8 nitrogen and oxygen atoms in total. The molecule has 4 rings (SSSR count). The minimum Gasteiger partial charge on any atom is -0.482 e. The fourth-order valence-electron chi connectivity index (χ4n) is 3.33. The Balaban J connectivity index is 2.08. The molecule has 2 bridgehead atoms.